The van der Waals surface area contributed by atoms with Crippen LogP contribution in [-0.4, -0.2) is 23.1 Å². The predicted molar refractivity (Wildman–Crippen MR) is 42.3 cm³/mol. The van der Waals surface area contributed by atoms with Gasteiger partial charge in [-0.3, -0.25) is 0 Å². The summed E-state index contributed by atoms with van der Waals surface area (Å²) >= 11 is 0. The zero-order valence-corrected chi connectivity index (χ0v) is 6.43. The lowest BCUT2D eigenvalue weighted by atomic mass is 9.98. The van der Waals surface area contributed by atoms with E-state index in [0.717, 1.165) is 18.9 Å². The topological polar surface area (TPSA) is 40.7 Å². The summed E-state index contributed by atoms with van der Waals surface area (Å²) < 4.78 is 0. The van der Waals surface area contributed by atoms with Gasteiger partial charge in [0.15, 0.2) is 0 Å². The number of aromatic nitrogens is 2. The van der Waals surface area contributed by atoms with E-state index in [1.165, 1.54) is 12.8 Å². The lowest BCUT2D eigenvalue weighted by molar-refractivity contribution is 0.447. The van der Waals surface area contributed by atoms with Crippen molar-refractivity contribution in [2.45, 2.75) is 18.8 Å². The summed E-state index contributed by atoms with van der Waals surface area (Å²) in [6, 6.07) is 0. The standard InChI is InChI=1S/C8H12N3/c1-3-9-4-2-7(1)8-10-5-6-11-8/h5,7,9H,1-4H2,(H,10,11). The number of nitrogens with one attached hydrogen (secondary N) is 2. The van der Waals surface area contributed by atoms with E-state index in [1.54, 1.807) is 6.20 Å². The number of hydrogen-bond donors (Lipinski definition) is 2. The van der Waals surface area contributed by atoms with Crippen LogP contribution in [0.1, 0.15) is 24.6 Å². The minimum absolute atomic E-state index is 0.627. The van der Waals surface area contributed by atoms with Gasteiger partial charge in [0.05, 0.1) is 0 Å². The summed E-state index contributed by atoms with van der Waals surface area (Å²) in [6.07, 6.45) is 6.97. The Morgan fingerprint density at radius 3 is 2.91 bits per heavy atom. The number of nitrogens with zero attached hydrogens (tertiary/aromatic N) is 1. The quantitative estimate of drug-likeness (QED) is 0.618. The Hall–Kier alpha value is -0.830. The van der Waals surface area contributed by atoms with Crippen LogP contribution < -0.4 is 5.32 Å². The van der Waals surface area contributed by atoms with Crippen LogP contribution >= 0.6 is 0 Å². The summed E-state index contributed by atoms with van der Waals surface area (Å²) in [5, 5.41) is 3.32. The molecule has 1 aliphatic heterocycles. The van der Waals surface area contributed by atoms with Gasteiger partial charge < -0.3 is 10.3 Å². The van der Waals surface area contributed by atoms with E-state index < -0.39 is 0 Å². The van der Waals surface area contributed by atoms with Crippen LogP contribution in [0, 0.1) is 6.20 Å². The molecule has 3 heteroatoms. The van der Waals surface area contributed by atoms with Gasteiger partial charge in [-0.25, -0.2) is 4.98 Å². The zero-order valence-electron chi connectivity index (χ0n) is 6.43. The maximum absolute atomic E-state index is 4.13. The number of rotatable bonds is 1. The first-order valence-corrected chi connectivity index (χ1v) is 4.09. The molecule has 2 heterocycles. The molecule has 1 aromatic rings. The molecule has 1 aromatic heterocycles. The SMILES string of the molecule is [c]1c[nH]c(C2CCNCC2)n1. The van der Waals surface area contributed by atoms with Crippen molar-refractivity contribution in [3.63, 3.8) is 0 Å². The second kappa shape index (κ2) is 3.05. The third-order valence-electron chi connectivity index (χ3n) is 2.20. The molecule has 0 unspecified atom stereocenters. The molecule has 0 aromatic carbocycles. The van der Waals surface area contributed by atoms with Crippen LogP contribution in [0.15, 0.2) is 6.20 Å². The maximum Gasteiger partial charge on any atom is 0.110 e. The number of imidazole rings is 1. The van der Waals surface area contributed by atoms with Crippen LogP contribution in [0.4, 0.5) is 0 Å². The van der Waals surface area contributed by atoms with Crippen molar-refractivity contribution in [3.05, 3.63) is 18.2 Å². The molecule has 0 bridgehead atoms. The molecule has 11 heavy (non-hydrogen) atoms. The average molecular weight is 150 g/mol. The number of piperidine rings is 1. The van der Waals surface area contributed by atoms with Crippen molar-refractivity contribution in [2.24, 2.45) is 0 Å². The van der Waals surface area contributed by atoms with Crippen LogP contribution in [0.2, 0.25) is 0 Å². The van der Waals surface area contributed by atoms with Gasteiger partial charge in [0.1, 0.15) is 12.0 Å². The lowest BCUT2D eigenvalue weighted by Crippen LogP contribution is -2.27. The monoisotopic (exact) mass is 150 g/mol. The second-order valence-corrected chi connectivity index (χ2v) is 2.94. The first kappa shape index (κ1) is 6.85. The van der Waals surface area contributed by atoms with Gasteiger partial charge in [0, 0.05) is 12.1 Å². The maximum atomic E-state index is 4.13. The van der Waals surface area contributed by atoms with Crippen LogP contribution in [-0.2, 0) is 0 Å². The Morgan fingerprint density at radius 1 is 1.45 bits per heavy atom. The molecule has 59 valence electrons. The van der Waals surface area contributed by atoms with E-state index in [1.807, 2.05) is 0 Å². The molecule has 2 rings (SSSR count). The molecular weight excluding hydrogens is 138 g/mol. The van der Waals surface area contributed by atoms with Gasteiger partial charge >= 0.3 is 0 Å². The van der Waals surface area contributed by atoms with Crippen LogP contribution in [0.25, 0.3) is 0 Å². The van der Waals surface area contributed by atoms with Crippen molar-refractivity contribution in [1.29, 1.82) is 0 Å². The highest BCUT2D eigenvalue weighted by molar-refractivity contribution is 4.97. The first-order valence-electron chi connectivity index (χ1n) is 4.09. The minimum Gasteiger partial charge on any atom is -0.348 e. The molecule has 1 saturated heterocycles. The molecule has 0 saturated carbocycles. The van der Waals surface area contributed by atoms with Gasteiger partial charge in [-0.2, -0.15) is 0 Å². The van der Waals surface area contributed by atoms with E-state index in [0.29, 0.717) is 5.92 Å². The highest BCUT2D eigenvalue weighted by Gasteiger charge is 2.16. The van der Waals surface area contributed by atoms with Gasteiger partial charge in [-0.05, 0) is 25.9 Å². The summed E-state index contributed by atoms with van der Waals surface area (Å²) in [6.45, 7) is 2.23. The van der Waals surface area contributed by atoms with E-state index in [2.05, 4.69) is 21.5 Å². The smallest absolute Gasteiger partial charge is 0.110 e. The molecule has 1 radical (unpaired) electrons. The fraction of sp³-hybridized carbons (Fsp3) is 0.625. The lowest BCUT2D eigenvalue weighted by Gasteiger charge is -2.20. The summed E-state index contributed by atoms with van der Waals surface area (Å²) in [4.78, 5) is 7.24. The molecule has 0 atom stereocenters. The minimum atomic E-state index is 0.627. The Kier molecular flexibility index (Phi) is 1.90. The molecule has 0 amide bonds. The second-order valence-electron chi connectivity index (χ2n) is 2.94. The van der Waals surface area contributed by atoms with E-state index in [4.69, 9.17) is 0 Å². The summed E-state index contributed by atoms with van der Waals surface area (Å²) in [7, 11) is 0. The molecular formula is C8H12N3. The Balaban J connectivity index is 2.04. The fourth-order valence-electron chi connectivity index (χ4n) is 1.54. The first-order chi connectivity index (χ1) is 5.47. The molecule has 0 spiro atoms. The largest absolute Gasteiger partial charge is 0.348 e. The van der Waals surface area contributed by atoms with Crippen molar-refractivity contribution in [3.8, 4) is 0 Å². The Bertz CT molecular complexity index is 199. The fourth-order valence-corrected chi connectivity index (χ4v) is 1.54. The van der Waals surface area contributed by atoms with Crippen molar-refractivity contribution in [2.75, 3.05) is 13.1 Å². The van der Waals surface area contributed by atoms with Crippen molar-refractivity contribution in [1.82, 2.24) is 15.3 Å². The highest BCUT2D eigenvalue weighted by Crippen LogP contribution is 2.20. The molecule has 0 aliphatic carbocycles. The zero-order chi connectivity index (χ0) is 7.52. The van der Waals surface area contributed by atoms with Gasteiger partial charge in [-0.1, -0.05) is 0 Å². The van der Waals surface area contributed by atoms with Gasteiger partial charge in [-0.15, -0.1) is 0 Å². The number of aromatic amines is 1. The summed E-state index contributed by atoms with van der Waals surface area (Å²) in [5.74, 6) is 1.73. The van der Waals surface area contributed by atoms with Gasteiger partial charge in [0.2, 0.25) is 0 Å². The third-order valence-corrected chi connectivity index (χ3v) is 2.20. The normalized spacial score (nSPS) is 20.4. The molecule has 1 aliphatic rings. The van der Waals surface area contributed by atoms with E-state index in [9.17, 15) is 0 Å². The number of H-pyrrole nitrogens is 1. The highest BCUT2D eigenvalue weighted by atomic mass is 14.9. The summed E-state index contributed by atoms with van der Waals surface area (Å²) in [5.41, 5.74) is 0. The van der Waals surface area contributed by atoms with E-state index >= 15 is 0 Å². The van der Waals surface area contributed by atoms with Crippen molar-refractivity contribution < 1.29 is 0 Å². The van der Waals surface area contributed by atoms with Crippen LogP contribution in [0.3, 0.4) is 0 Å². The average Bonchev–Trinajstić information content (AvgIpc) is 2.58. The number of hydrogen-bond acceptors (Lipinski definition) is 2. The van der Waals surface area contributed by atoms with Crippen LogP contribution in [0.5, 0.6) is 0 Å². The molecule has 1 fully saturated rings. The van der Waals surface area contributed by atoms with E-state index in [-0.39, 0.29) is 0 Å². The molecule has 2 N–H and O–H groups in total. The Morgan fingerprint density at radius 2 is 2.27 bits per heavy atom. The third kappa shape index (κ3) is 1.43. The van der Waals surface area contributed by atoms with Gasteiger partial charge in [0.25, 0.3) is 0 Å². The molecule has 3 nitrogen and oxygen atoms in total. The van der Waals surface area contributed by atoms with Crippen molar-refractivity contribution >= 4 is 0 Å². The predicted octanol–water partition coefficient (Wildman–Crippen LogP) is 0.677. The Labute approximate surface area is 66.2 Å².